The van der Waals surface area contributed by atoms with E-state index in [-0.39, 0.29) is 28.9 Å². The van der Waals surface area contributed by atoms with Gasteiger partial charge in [-0.05, 0) is 31.4 Å². The highest BCUT2D eigenvalue weighted by Gasteiger charge is 2.23. The molecule has 0 saturated carbocycles. The van der Waals surface area contributed by atoms with E-state index in [1.54, 1.807) is 17.0 Å². The number of benzene rings is 2. The molecule has 2 heterocycles. The molecule has 0 spiro atoms. The molecule has 4 rings (SSSR count). The third-order valence-electron chi connectivity index (χ3n) is 4.77. The Hall–Kier alpha value is -3.02. The molecule has 0 aliphatic carbocycles. The molecule has 3 aromatic rings. The maximum Gasteiger partial charge on any atom is 0.170 e. The van der Waals surface area contributed by atoms with E-state index in [4.69, 9.17) is 14.7 Å². The first-order valence-electron chi connectivity index (χ1n) is 8.90. The van der Waals surface area contributed by atoms with E-state index in [1.165, 1.54) is 18.2 Å². The van der Waals surface area contributed by atoms with Gasteiger partial charge in [0, 0.05) is 18.7 Å². The summed E-state index contributed by atoms with van der Waals surface area (Å²) in [5, 5.41) is 18.8. The fourth-order valence-corrected chi connectivity index (χ4v) is 3.38. The van der Waals surface area contributed by atoms with Gasteiger partial charge in [0.15, 0.2) is 11.6 Å². The first kappa shape index (κ1) is 18.3. The molecule has 2 aromatic carbocycles. The minimum atomic E-state index is -0.697. The molecule has 1 aliphatic rings. The highest BCUT2D eigenvalue weighted by Crippen LogP contribution is 2.36. The van der Waals surface area contributed by atoms with Gasteiger partial charge in [-0.2, -0.15) is 5.26 Å². The number of aliphatic hydroxyl groups excluding tert-OH is 1. The lowest BCUT2D eigenvalue weighted by Gasteiger charge is -2.24. The molecule has 0 radical (unpaired) electrons. The van der Waals surface area contributed by atoms with Gasteiger partial charge in [0.25, 0.3) is 0 Å². The van der Waals surface area contributed by atoms with Crippen molar-refractivity contribution in [1.29, 1.82) is 5.26 Å². The Bertz CT molecular complexity index is 1070. The van der Waals surface area contributed by atoms with Crippen LogP contribution in [0.15, 0.2) is 30.6 Å². The quantitative estimate of drug-likeness (QED) is 0.729. The van der Waals surface area contributed by atoms with E-state index in [2.05, 4.69) is 4.98 Å². The molecular formula is C20H17F2N3O3. The highest BCUT2D eigenvalue weighted by molar-refractivity contribution is 5.82. The number of aromatic nitrogens is 2. The second-order valence-electron chi connectivity index (χ2n) is 6.52. The van der Waals surface area contributed by atoms with E-state index in [0.717, 1.165) is 25.3 Å². The maximum absolute atomic E-state index is 14.9. The van der Waals surface area contributed by atoms with Gasteiger partial charge in [-0.15, -0.1) is 0 Å². The summed E-state index contributed by atoms with van der Waals surface area (Å²) in [6.07, 6.45) is 4.12. The topological polar surface area (TPSA) is 80.3 Å². The fraction of sp³-hybridized carbons (Fsp3) is 0.300. The van der Waals surface area contributed by atoms with Crippen LogP contribution in [0.25, 0.3) is 11.0 Å². The molecule has 1 atom stereocenters. The van der Waals surface area contributed by atoms with Crippen LogP contribution in [0.4, 0.5) is 8.78 Å². The number of fused-ring (bicyclic) bond motifs is 1. The average molecular weight is 385 g/mol. The first-order chi connectivity index (χ1) is 13.6. The Morgan fingerprint density at radius 1 is 1.29 bits per heavy atom. The number of nitrogens with zero attached hydrogens (tertiary/aromatic N) is 3. The lowest BCUT2D eigenvalue weighted by Crippen LogP contribution is -2.17. The number of hydrogen-bond donors (Lipinski definition) is 1. The summed E-state index contributed by atoms with van der Waals surface area (Å²) in [5.41, 5.74) is 0.851. The van der Waals surface area contributed by atoms with Crippen molar-refractivity contribution in [2.75, 3.05) is 6.61 Å². The number of nitriles is 1. The Morgan fingerprint density at radius 2 is 2.14 bits per heavy atom. The van der Waals surface area contributed by atoms with Crippen molar-refractivity contribution >= 4 is 11.0 Å². The smallest absolute Gasteiger partial charge is 0.170 e. The number of aliphatic hydroxyl groups is 1. The highest BCUT2D eigenvalue weighted by atomic mass is 19.1. The van der Waals surface area contributed by atoms with Crippen LogP contribution < -0.4 is 4.74 Å². The molecule has 28 heavy (non-hydrogen) atoms. The first-order valence-corrected chi connectivity index (χ1v) is 8.90. The van der Waals surface area contributed by atoms with Crippen LogP contribution in [-0.2, 0) is 11.3 Å². The summed E-state index contributed by atoms with van der Waals surface area (Å²) in [5.74, 6) is -1.52. The minimum Gasteiger partial charge on any atom is -0.454 e. The second-order valence-corrected chi connectivity index (χ2v) is 6.52. The van der Waals surface area contributed by atoms with E-state index in [1.807, 2.05) is 0 Å². The molecular weight excluding hydrogens is 368 g/mol. The summed E-state index contributed by atoms with van der Waals surface area (Å²) in [4.78, 5) is 4.32. The van der Waals surface area contributed by atoms with Crippen LogP contribution in [0.1, 0.15) is 36.6 Å². The van der Waals surface area contributed by atoms with Gasteiger partial charge >= 0.3 is 0 Å². The van der Waals surface area contributed by atoms with Crippen molar-refractivity contribution in [2.24, 2.45) is 0 Å². The lowest BCUT2D eigenvalue weighted by atomic mass is 10.1. The molecule has 6 nitrogen and oxygen atoms in total. The SMILES string of the molecule is N#Cc1cc(Oc2c(F)cc3c(ncn3C3CCCCO3)c2CO)ccc1F. The molecule has 0 amide bonds. The van der Waals surface area contributed by atoms with E-state index in [9.17, 15) is 13.9 Å². The van der Waals surface area contributed by atoms with Gasteiger partial charge < -0.3 is 19.1 Å². The summed E-state index contributed by atoms with van der Waals surface area (Å²) in [6.45, 7) is 0.130. The summed E-state index contributed by atoms with van der Waals surface area (Å²) in [7, 11) is 0. The predicted molar refractivity (Wildman–Crippen MR) is 95.6 cm³/mol. The molecule has 1 N–H and O–H groups in total. The van der Waals surface area contributed by atoms with Crippen LogP contribution in [0, 0.1) is 23.0 Å². The minimum absolute atomic E-state index is 0.0842. The van der Waals surface area contributed by atoms with E-state index >= 15 is 0 Å². The lowest BCUT2D eigenvalue weighted by molar-refractivity contribution is -0.0295. The van der Waals surface area contributed by atoms with Crippen molar-refractivity contribution in [3.63, 3.8) is 0 Å². The predicted octanol–water partition coefficient (Wildman–Crippen LogP) is 4.17. The van der Waals surface area contributed by atoms with E-state index in [0.29, 0.717) is 17.6 Å². The van der Waals surface area contributed by atoms with Crippen LogP contribution in [-0.4, -0.2) is 21.3 Å². The Morgan fingerprint density at radius 3 is 2.86 bits per heavy atom. The van der Waals surface area contributed by atoms with Crippen LogP contribution in [0.2, 0.25) is 0 Å². The van der Waals surface area contributed by atoms with Gasteiger partial charge in [-0.1, -0.05) is 0 Å². The number of halogens is 2. The fourth-order valence-electron chi connectivity index (χ4n) is 3.38. The molecule has 1 saturated heterocycles. The van der Waals surface area contributed by atoms with Crippen LogP contribution in [0.5, 0.6) is 11.5 Å². The van der Waals surface area contributed by atoms with E-state index < -0.39 is 18.2 Å². The van der Waals surface area contributed by atoms with Gasteiger partial charge in [-0.3, -0.25) is 0 Å². The van der Waals surface area contributed by atoms with Crippen LogP contribution >= 0.6 is 0 Å². The summed E-state index contributed by atoms with van der Waals surface area (Å²) < 4.78 is 41.4. The molecule has 8 heteroatoms. The third-order valence-corrected chi connectivity index (χ3v) is 4.77. The average Bonchev–Trinajstić information content (AvgIpc) is 3.13. The van der Waals surface area contributed by atoms with Gasteiger partial charge in [-0.25, -0.2) is 13.8 Å². The molecule has 1 unspecified atom stereocenters. The Labute approximate surface area is 159 Å². The second kappa shape index (κ2) is 7.54. The number of rotatable bonds is 4. The Kier molecular flexibility index (Phi) is 4.94. The normalized spacial score (nSPS) is 16.9. The number of imidazole rings is 1. The summed E-state index contributed by atoms with van der Waals surface area (Å²) in [6, 6.07) is 6.52. The van der Waals surface area contributed by atoms with Gasteiger partial charge in [0.1, 0.15) is 23.9 Å². The largest absolute Gasteiger partial charge is 0.454 e. The van der Waals surface area contributed by atoms with Crippen molar-refractivity contribution in [3.05, 3.63) is 53.4 Å². The molecule has 0 bridgehead atoms. The van der Waals surface area contributed by atoms with Gasteiger partial charge in [0.2, 0.25) is 0 Å². The number of hydrogen-bond acceptors (Lipinski definition) is 5. The molecule has 144 valence electrons. The maximum atomic E-state index is 14.9. The van der Waals surface area contributed by atoms with Crippen molar-refractivity contribution in [2.45, 2.75) is 32.1 Å². The van der Waals surface area contributed by atoms with Crippen molar-refractivity contribution in [1.82, 2.24) is 9.55 Å². The Balaban J connectivity index is 1.77. The summed E-state index contributed by atoms with van der Waals surface area (Å²) >= 11 is 0. The van der Waals surface area contributed by atoms with Gasteiger partial charge in [0.05, 0.1) is 35.1 Å². The number of ether oxygens (including phenoxy) is 2. The van der Waals surface area contributed by atoms with Crippen molar-refractivity contribution < 1.29 is 23.4 Å². The van der Waals surface area contributed by atoms with Crippen molar-refractivity contribution in [3.8, 4) is 17.6 Å². The zero-order valence-corrected chi connectivity index (χ0v) is 14.9. The monoisotopic (exact) mass is 385 g/mol. The molecule has 1 fully saturated rings. The standard InChI is InChI=1S/C20H17F2N3O3/c21-15-5-4-13(7-12(15)9-23)28-20-14(10-26)19-17(8-16(20)22)25(11-24-19)18-3-1-2-6-27-18/h4-5,7-8,11,18,26H,1-3,6,10H2. The molecule has 1 aliphatic heterocycles. The zero-order chi connectivity index (χ0) is 19.7. The zero-order valence-electron chi connectivity index (χ0n) is 14.9. The third kappa shape index (κ3) is 3.19. The molecule has 1 aromatic heterocycles. The van der Waals surface area contributed by atoms with Crippen LogP contribution in [0.3, 0.4) is 0 Å².